The molecule has 1 heterocycles. The van der Waals surface area contributed by atoms with E-state index < -0.39 is 0 Å². The van der Waals surface area contributed by atoms with Crippen LogP contribution in [0.3, 0.4) is 0 Å². The Balaban J connectivity index is 2.47. The molecule has 0 saturated carbocycles. The molecule has 0 radical (unpaired) electrons. The number of urea groups is 1. The highest BCUT2D eigenvalue weighted by Gasteiger charge is 2.22. The second-order valence-corrected chi connectivity index (χ2v) is 3.77. The number of nitrogens with zero attached hydrogens (tertiary/aromatic N) is 3. The summed E-state index contributed by atoms with van der Waals surface area (Å²) in [4.78, 5) is 15.6. The Hall–Kier alpha value is -1.32. The Kier molecular flexibility index (Phi) is 6.37. The van der Waals surface area contributed by atoms with E-state index in [1.807, 2.05) is 0 Å². The molecule has 0 aliphatic carbocycles. The number of rotatable bonds is 5. The van der Waals surface area contributed by atoms with Crippen LogP contribution in [-0.2, 0) is 9.47 Å². The molecule has 1 aliphatic heterocycles. The van der Waals surface area contributed by atoms with Gasteiger partial charge in [-0.15, -0.1) is 0 Å². The van der Waals surface area contributed by atoms with Gasteiger partial charge in [0.05, 0.1) is 32.3 Å². The van der Waals surface area contributed by atoms with Gasteiger partial charge in [0.15, 0.2) is 0 Å². The van der Waals surface area contributed by atoms with E-state index in [1.165, 1.54) is 0 Å². The molecular weight excluding hydrogens is 222 g/mol. The van der Waals surface area contributed by atoms with Gasteiger partial charge in [0.1, 0.15) is 0 Å². The van der Waals surface area contributed by atoms with Gasteiger partial charge >= 0.3 is 6.03 Å². The molecule has 96 valence electrons. The summed E-state index contributed by atoms with van der Waals surface area (Å²) >= 11 is 0. The molecule has 0 aromatic rings. The first kappa shape index (κ1) is 13.7. The van der Waals surface area contributed by atoms with Crippen molar-refractivity contribution in [3.05, 3.63) is 0 Å². The quantitative estimate of drug-likeness (QED) is 0.694. The van der Waals surface area contributed by atoms with Crippen LogP contribution in [0.2, 0.25) is 0 Å². The fourth-order valence-electron chi connectivity index (χ4n) is 1.64. The zero-order valence-corrected chi connectivity index (χ0v) is 10.2. The highest BCUT2D eigenvalue weighted by Crippen LogP contribution is 2.04. The molecule has 2 amide bonds. The fraction of sp³-hybridized carbons (Fsp3) is 0.818. The lowest BCUT2D eigenvalue weighted by Crippen LogP contribution is -2.49. The maximum absolute atomic E-state index is 12.1. The fourth-order valence-corrected chi connectivity index (χ4v) is 1.64. The van der Waals surface area contributed by atoms with Gasteiger partial charge in [-0.1, -0.05) is 0 Å². The Labute approximate surface area is 102 Å². The SMILES string of the molecule is COCCN(CCC#N)C(=O)N1CCOCC1. The standard InChI is InChI=1S/C11H19N3O3/c1-16-8-5-13(4-2-3-12)11(15)14-6-9-17-10-7-14/h2,4-10H2,1H3. The van der Waals surface area contributed by atoms with E-state index in [0.29, 0.717) is 52.4 Å². The molecule has 17 heavy (non-hydrogen) atoms. The van der Waals surface area contributed by atoms with Crippen LogP contribution in [-0.4, -0.2) is 68.9 Å². The Morgan fingerprint density at radius 3 is 2.76 bits per heavy atom. The first-order valence-electron chi connectivity index (χ1n) is 5.77. The molecule has 6 heteroatoms. The number of nitriles is 1. The van der Waals surface area contributed by atoms with E-state index in [4.69, 9.17) is 14.7 Å². The zero-order chi connectivity index (χ0) is 12.5. The third-order valence-electron chi connectivity index (χ3n) is 2.61. The van der Waals surface area contributed by atoms with Gasteiger partial charge in [-0.25, -0.2) is 4.79 Å². The van der Waals surface area contributed by atoms with E-state index in [9.17, 15) is 4.79 Å². The molecule has 6 nitrogen and oxygen atoms in total. The third-order valence-corrected chi connectivity index (χ3v) is 2.61. The van der Waals surface area contributed by atoms with E-state index in [2.05, 4.69) is 6.07 Å². The second kappa shape index (κ2) is 7.87. The monoisotopic (exact) mass is 241 g/mol. The molecule has 0 aromatic carbocycles. The maximum atomic E-state index is 12.1. The van der Waals surface area contributed by atoms with E-state index in [-0.39, 0.29) is 6.03 Å². The van der Waals surface area contributed by atoms with Crippen LogP contribution in [0.5, 0.6) is 0 Å². The lowest BCUT2D eigenvalue weighted by Gasteiger charge is -2.32. The summed E-state index contributed by atoms with van der Waals surface area (Å²) in [5, 5.41) is 8.58. The van der Waals surface area contributed by atoms with Crippen LogP contribution >= 0.6 is 0 Å². The summed E-state index contributed by atoms with van der Waals surface area (Å²) in [6.45, 7) is 3.87. The molecule has 1 saturated heterocycles. The second-order valence-electron chi connectivity index (χ2n) is 3.77. The van der Waals surface area contributed by atoms with Gasteiger partial charge in [-0.3, -0.25) is 0 Å². The van der Waals surface area contributed by atoms with Gasteiger partial charge in [-0.05, 0) is 0 Å². The number of carbonyl (C=O) groups is 1. The highest BCUT2D eigenvalue weighted by molar-refractivity contribution is 5.74. The average molecular weight is 241 g/mol. The Morgan fingerprint density at radius 2 is 2.18 bits per heavy atom. The minimum atomic E-state index is -0.0272. The molecular formula is C11H19N3O3. The van der Waals surface area contributed by atoms with Crippen LogP contribution in [0.4, 0.5) is 4.79 Å². The number of hydrogen-bond donors (Lipinski definition) is 0. The van der Waals surface area contributed by atoms with Crippen molar-refractivity contribution in [3.63, 3.8) is 0 Å². The summed E-state index contributed by atoms with van der Waals surface area (Å²) in [7, 11) is 1.60. The summed E-state index contributed by atoms with van der Waals surface area (Å²) in [6, 6.07) is 2.03. The predicted molar refractivity (Wildman–Crippen MR) is 61.5 cm³/mol. The topological polar surface area (TPSA) is 65.8 Å². The predicted octanol–water partition coefficient (Wildman–Crippen LogP) is 0.301. The van der Waals surface area contributed by atoms with Crippen LogP contribution in [0, 0.1) is 11.3 Å². The molecule has 1 fully saturated rings. The van der Waals surface area contributed by atoms with Crippen molar-refractivity contribution in [3.8, 4) is 6.07 Å². The molecule has 0 atom stereocenters. The van der Waals surface area contributed by atoms with Crippen LogP contribution < -0.4 is 0 Å². The van der Waals surface area contributed by atoms with Gasteiger partial charge in [0, 0.05) is 33.3 Å². The van der Waals surface area contributed by atoms with Crippen molar-refractivity contribution in [2.45, 2.75) is 6.42 Å². The summed E-state index contributed by atoms with van der Waals surface area (Å²) < 4.78 is 10.2. The van der Waals surface area contributed by atoms with Crippen LogP contribution in [0.15, 0.2) is 0 Å². The molecule has 1 aliphatic rings. The first-order chi connectivity index (χ1) is 8.29. The van der Waals surface area contributed by atoms with Crippen molar-refractivity contribution >= 4 is 6.03 Å². The molecule has 0 unspecified atom stereocenters. The van der Waals surface area contributed by atoms with E-state index in [0.717, 1.165) is 0 Å². The smallest absolute Gasteiger partial charge is 0.320 e. The normalized spacial score (nSPS) is 15.4. The Bertz CT molecular complexity index is 272. The molecule has 0 spiro atoms. The highest BCUT2D eigenvalue weighted by atomic mass is 16.5. The summed E-state index contributed by atoms with van der Waals surface area (Å²) in [6.07, 6.45) is 0.347. The van der Waals surface area contributed by atoms with Gasteiger partial charge < -0.3 is 19.3 Å². The number of methoxy groups -OCH3 is 1. The maximum Gasteiger partial charge on any atom is 0.320 e. The Morgan fingerprint density at radius 1 is 1.47 bits per heavy atom. The number of ether oxygens (including phenoxy) is 2. The number of amides is 2. The molecule has 0 N–H and O–H groups in total. The van der Waals surface area contributed by atoms with E-state index in [1.54, 1.807) is 16.9 Å². The van der Waals surface area contributed by atoms with Gasteiger partial charge in [0.2, 0.25) is 0 Å². The average Bonchev–Trinajstić information content (AvgIpc) is 2.39. The van der Waals surface area contributed by atoms with Crippen molar-refractivity contribution in [1.82, 2.24) is 9.80 Å². The molecule has 1 rings (SSSR count). The summed E-state index contributed by atoms with van der Waals surface area (Å²) in [5.74, 6) is 0. The zero-order valence-electron chi connectivity index (χ0n) is 10.2. The number of carbonyl (C=O) groups excluding carboxylic acids is 1. The van der Waals surface area contributed by atoms with Crippen LogP contribution in [0.1, 0.15) is 6.42 Å². The number of morpholine rings is 1. The van der Waals surface area contributed by atoms with Gasteiger partial charge in [0.25, 0.3) is 0 Å². The van der Waals surface area contributed by atoms with Crippen molar-refractivity contribution in [2.24, 2.45) is 0 Å². The summed E-state index contributed by atoms with van der Waals surface area (Å²) in [5.41, 5.74) is 0. The lowest BCUT2D eigenvalue weighted by molar-refractivity contribution is 0.0410. The largest absolute Gasteiger partial charge is 0.383 e. The van der Waals surface area contributed by atoms with E-state index >= 15 is 0 Å². The lowest BCUT2D eigenvalue weighted by atomic mass is 10.4. The number of hydrogen-bond acceptors (Lipinski definition) is 4. The van der Waals surface area contributed by atoms with Gasteiger partial charge in [-0.2, -0.15) is 5.26 Å². The minimum absolute atomic E-state index is 0.0272. The van der Waals surface area contributed by atoms with Crippen molar-refractivity contribution in [1.29, 1.82) is 5.26 Å². The van der Waals surface area contributed by atoms with Crippen molar-refractivity contribution < 1.29 is 14.3 Å². The molecule has 0 bridgehead atoms. The first-order valence-corrected chi connectivity index (χ1v) is 5.77. The third kappa shape index (κ3) is 4.59. The van der Waals surface area contributed by atoms with Crippen molar-refractivity contribution in [2.75, 3.05) is 53.1 Å². The minimum Gasteiger partial charge on any atom is -0.383 e. The molecule has 0 aromatic heterocycles. The van der Waals surface area contributed by atoms with Crippen LogP contribution in [0.25, 0.3) is 0 Å².